The van der Waals surface area contributed by atoms with Crippen molar-refractivity contribution < 1.29 is 9.59 Å². The molecule has 212 valence electrons. The van der Waals surface area contributed by atoms with E-state index in [2.05, 4.69) is 72.5 Å². The summed E-state index contributed by atoms with van der Waals surface area (Å²) in [6.45, 7) is 24.6. The molecule has 4 nitrogen and oxygen atoms in total. The predicted molar refractivity (Wildman–Crippen MR) is 156 cm³/mol. The van der Waals surface area contributed by atoms with Gasteiger partial charge in [-0.05, 0) is 104 Å². The fourth-order valence-electron chi connectivity index (χ4n) is 10.5. The van der Waals surface area contributed by atoms with E-state index >= 15 is 0 Å². The molecule has 0 saturated heterocycles. The van der Waals surface area contributed by atoms with Gasteiger partial charge in [0.1, 0.15) is 0 Å². The molecule has 1 unspecified atom stereocenters. The van der Waals surface area contributed by atoms with Crippen LogP contribution in [0.4, 0.5) is 0 Å². The topological polar surface area (TPSA) is 70.0 Å². The van der Waals surface area contributed by atoms with Crippen molar-refractivity contribution >= 4 is 11.7 Å². The van der Waals surface area contributed by atoms with Gasteiger partial charge in [-0.1, -0.05) is 66.7 Å². The minimum atomic E-state index is -0.471. The smallest absolute Gasteiger partial charge is 0.226 e. The molecule has 0 aromatic carbocycles. The minimum Gasteiger partial charge on any atom is -0.353 e. The van der Waals surface area contributed by atoms with Crippen molar-refractivity contribution in [3.05, 3.63) is 35.5 Å². The lowest BCUT2D eigenvalue weighted by Crippen LogP contribution is -2.66. The lowest BCUT2D eigenvalue weighted by molar-refractivity contribution is -0.178. The quantitative estimate of drug-likeness (QED) is 0.397. The molecular formula is C35H50N2O2. The van der Waals surface area contributed by atoms with E-state index in [-0.39, 0.29) is 62.6 Å². The highest BCUT2D eigenvalue weighted by atomic mass is 16.2. The predicted octanol–water partition coefficient (Wildman–Crippen LogP) is 7.72. The number of amides is 1. The first-order valence-corrected chi connectivity index (χ1v) is 15.3. The zero-order chi connectivity index (χ0) is 29.0. The molecule has 7 atom stereocenters. The summed E-state index contributed by atoms with van der Waals surface area (Å²) in [5, 5.41) is 13.3. The van der Waals surface area contributed by atoms with Crippen molar-refractivity contribution in [2.45, 2.75) is 113 Å². The fraction of sp³-hybridized carbons (Fsp3) is 0.743. The average molecular weight is 531 g/mol. The van der Waals surface area contributed by atoms with E-state index in [0.717, 1.165) is 50.5 Å². The van der Waals surface area contributed by atoms with Gasteiger partial charge < -0.3 is 5.32 Å². The zero-order valence-electron chi connectivity index (χ0n) is 25.9. The zero-order valence-corrected chi connectivity index (χ0v) is 25.9. The molecule has 39 heavy (non-hydrogen) atoms. The number of carbonyl (C=O) groups excluding carboxylic acids is 2. The molecule has 1 amide bonds. The molecule has 4 heteroatoms. The normalized spacial score (nSPS) is 44.1. The van der Waals surface area contributed by atoms with Gasteiger partial charge in [0, 0.05) is 17.4 Å². The van der Waals surface area contributed by atoms with E-state index in [4.69, 9.17) is 0 Å². The Hall–Kier alpha value is -2.15. The van der Waals surface area contributed by atoms with E-state index in [1.165, 1.54) is 5.57 Å². The van der Waals surface area contributed by atoms with Crippen LogP contribution >= 0.6 is 0 Å². The van der Waals surface area contributed by atoms with E-state index in [1.54, 1.807) is 0 Å². The van der Waals surface area contributed by atoms with Gasteiger partial charge >= 0.3 is 0 Å². The van der Waals surface area contributed by atoms with E-state index in [9.17, 15) is 14.9 Å². The molecule has 0 radical (unpaired) electrons. The Morgan fingerprint density at radius 3 is 2.31 bits per heavy atom. The molecular weight excluding hydrogens is 480 g/mol. The summed E-state index contributed by atoms with van der Waals surface area (Å²) >= 11 is 0. The Labute approximate surface area is 236 Å². The molecule has 3 fully saturated rings. The summed E-state index contributed by atoms with van der Waals surface area (Å²) in [7, 11) is 0. The number of rotatable bonds is 2. The van der Waals surface area contributed by atoms with Crippen LogP contribution in [0.5, 0.6) is 0 Å². The molecule has 0 aliphatic heterocycles. The van der Waals surface area contributed by atoms with Crippen LogP contribution in [0.1, 0.15) is 107 Å². The van der Waals surface area contributed by atoms with Crippen molar-refractivity contribution in [3.63, 3.8) is 0 Å². The van der Waals surface area contributed by atoms with Crippen LogP contribution in [0.15, 0.2) is 35.5 Å². The minimum absolute atomic E-state index is 0.0409. The monoisotopic (exact) mass is 530 g/mol. The van der Waals surface area contributed by atoms with E-state index in [1.807, 2.05) is 19.9 Å². The number of nitriles is 1. The second-order valence-corrected chi connectivity index (χ2v) is 16.2. The van der Waals surface area contributed by atoms with E-state index in [0.29, 0.717) is 5.57 Å². The summed E-state index contributed by atoms with van der Waals surface area (Å²) in [6, 6.07) is 2.52. The number of ketones is 1. The summed E-state index contributed by atoms with van der Waals surface area (Å²) in [5.74, 6) is 0.542. The Bertz CT molecular complexity index is 1240. The Balaban J connectivity index is 1.68. The lowest BCUT2D eigenvalue weighted by atomic mass is 9.34. The van der Waals surface area contributed by atoms with Crippen molar-refractivity contribution in [1.29, 1.82) is 5.26 Å². The van der Waals surface area contributed by atoms with Gasteiger partial charge in [0.05, 0.1) is 17.1 Å². The van der Waals surface area contributed by atoms with Gasteiger partial charge in [0.2, 0.25) is 5.91 Å². The van der Waals surface area contributed by atoms with Crippen LogP contribution in [0.25, 0.3) is 0 Å². The fourth-order valence-corrected chi connectivity index (χ4v) is 10.5. The molecule has 0 bridgehead atoms. The van der Waals surface area contributed by atoms with Gasteiger partial charge in [-0.2, -0.15) is 5.26 Å². The van der Waals surface area contributed by atoms with Crippen LogP contribution in [0.2, 0.25) is 0 Å². The first-order chi connectivity index (χ1) is 17.9. The van der Waals surface area contributed by atoms with Crippen molar-refractivity contribution in [2.75, 3.05) is 0 Å². The van der Waals surface area contributed by atoms with Gasteiger partial charge in [-0.15, -0.1) is 0 Å². The molecule has 0 spiro atoms. The molecule has 5 rings (SSSR count). The molecule has 1 N–H and O–H groups in total. The SMILES string of the molecule is C=C1C(C#N)=C[C@]2(C)C3=CC(=O)[C@@H]4[C@@H]5CC(C)(C)CCC5(C(=O)NC(C)C)CC[C@@]4(C)[C@]3(C)CC[C@H]2C1(C)C. The summed E-state index contributed by atoms with van der Waals surface area (Å²) in [4.78, 5) is 28.5. The number of hydrogen-bond acceptors (Lipinski definition) is 3. The maximum Gasteiger partial charge on any atom is 0.226 e. The standard InChI is InChI=1S/C35H50N2O2/c1-21(2)37-29(39)35-15-13-30(4,5)19-24(35)28-25(38)17-27-32(8)18-23(20-36)22(3)31(6,7)26(32)11-12-33(27,9)34(28,10)14-16-35/h17-18,21,24,26,28H,3,11-16,19H2,1-2,4-10H3,(H,37,39)/t24-,26-,28-,32-,33+,34+,35?/m0/s1. The van der Waals surface area contributed by atoms with Crippen LogP contribution in [-0.2, 0) is 9.59 Å². The summed E-state index contributed by atoms with van der Waals surface area (Å²) < 4.78 is 0. The van der Waals surface area contributed by atoms with Gasteiger partial charge in [0.15, 0.2) is 5.78 Å². The second kappa shape index (κ2) is 8.43. The summed E-state index contributed by atoms with van der Waals surface area (Å²) in [5.41, 5.74) is 1.45. The van der Waals surface area contributed by atoms with Crippen molar-refractivity contribution in [3.8, 4) is 6.07 Å². The number of nitrogens with one attached hydrogen (secondary N) is 1. The maximum atomic E-state index is 14.6. The van der Waals surface area contributed by atoms with Crippen molar-refractivity contribution in [2.24, 2.45) is 50.2 Å². The van der Waals surface area contributed by atoms with Crippen LogP contribution in [-0.4, -0.2) is 17.7 Å². The first kappa shape index (κ1) is 28.4. The van der Waals surface area contributed by atoms with Crippen LogP contribution in [0.3, 0.4) is 0 Å². The molecule has 0 aromatic heterocycles. The number of allylic oxidation sites excluding steroid dienone is 5. The Morgan fingerprint density at radius 2 is 1.69 bits per heavy atom. The largest absolute Gasteiger partial charge is 0.353 e. The van der Waals surface area contributed by atoms with Crippen LogP contribution in [0, 0.1) is 61.6 Å². The average Bonchev–Trinajstić information content (AvgIpc) is 2.82. The molecule has 0 aromatic rings. The molecule has 5 aliphatic rings. The first-order valence-electron chi connectivity index (χ1n) is 15.3. The van der Waals surface area contributed by atoms with Crippen LogP contribution < -0.4 is 5.32 Å². The number of fused-ring (bicyclic) bond motifs is 7. The highest BCUT2D eigenvalue weighted by Crippen LogP contribution is 2.75. The van der Waals surface area contributed by atoms with Gasteiger partial charge in [-0.3, -0.25) is 9.59 Å². The Kier molecular flexibility index (Phi) is 6.14. The summed E-state index contributed by atoms with van der Waals surface area (Å²) in [6.07, 6.45) is 10.7. The lowest BCUT2D eigenvalue weighted by Gasteiger charge is -2.69. The number of nitrogens with zero attached hydrogens (tertiary/aromatic N) is 1. The highest BCUT2D eigenvalue weighted by Gasteiger charge is 2.70. The molecule has 5 aliphatic carbocycles. The van der Waals surface area contributed by atoms with E-state index < -0.39 is 5.41 Å². The third-order valence-corrected chi connectivity index (χ3v) is 13.0. The third kappa shape index (κ3) is 3.60. The van der Waals surface area contributed by atoms with Gasteiger partial charge in [-0.25, -0.2) is 0 Å². The number of carbonyl (C=O) groups is 2. The Morgan fingerprint density at radius 1 is 1.05 bits per heavy atom. The number of hydrogen-bond donors (Lipinski definition) is 1. The second-order valence-electron chi connectivity index (χ2n) is 16.2. The third-order valence-electron chi connectivity index (χ3n) is 13.0. The van der Waals surface area contributed by atoms with Gasteiger partial charge in [0.25, 0.3) is 0 Å². The molecule has 0 heterocycles. The molecule has 3 saturated carbocycles. The maximum absolute atomic E-state index is 14.6. The highest BCUT2D eigenvalue weighted by molar-refractivity contribution is 5.97. The van der Waals surface area contributed by atoms with Crippen molar-refractivity contribution in [1.82, 2.24) is 5.32 Å².